The molecule has 1 aliphatic heterocycles. The van der Waals surface area contributed by atoms with E-state index >= 15 is 0 Å². The first kappa shape index (κ1) is 16.6. The predicted octanol–water partition coefficient (Wildman–Crippen LogP) is 3.72. The summed E-state index contributed by atoms with van der Waals surface area (Å²) in [6.45, 7) is 5.70. The number of hydrogen-bond acceptors (Lipinski definition) is 3. The van der Waals surface area contributed by atoms with Gasteiger partial charge < -0.3 is 5.73 Å². The summed E-state index contributed by atoms with van der Waals surface area (Å²) < 4.78 is 36.8. The molecule has 2 nitrogen and oxygen atoms in total. The van der Waals surface area contributed by atoms with Gasteiger partial charge in [0.15, 0.2) is 0 Å². The summed E-state index contributed by atoms with van der Waals surface area (Å²) in [6, 6.07) is 6.65. The number of halogens is 3. The monoisotopic (exact) mass is 318 g/mol. The zero-order valence-electron chi connectivity index (χ0n) is 12.1. The van der Waals surface area contributed by atoms with E-state index in [1.54, 1.807) is 24.3 Å². The van der Waals surface area contributed by atoms with E-state index < -0.39 is 5.51 Å². The van der Waals surface area contributed by atoms with Crippen LogP contribution in [0.3, 0.4) is 0 Å². The van der Waals surface area contributed by atoms with Crippen LogP contribution < -0.4 is 5.73 Å². The van der Waals surface area contributed by atoms with Crippen LogP contribution in [0.25, 0.3) is 0 Å². The summed E-state index contributed by atoms with van der Waals surface area (Å²) in [5, 5.41) is 0. The van der Waals surface area contributed by atoms with Crippen molar-refractivity contribution < 1.29 is 13.2 Å². The Labute approximate surface area is 127 Å². The average molecular weight is 318 g/mol. The Balaban J connectivity index is 1.91. The predicted molar refractivity (Wildman–Crippen MR) is 80.0 cm³/mol. The molecule has 0 saturated carbocycles. The van der Waals surface area contributed by atoms with Crippen molar-refractivity contribution in [3.8, 4) is 0 Å². The van der Waals surface area contributed by atoms with Crippen molar-refractivity contribution in [3.05, 3.63) is 29.8 Å². The Hall–Kier alpha value is -0.720. The van der Waals surface area contributed by atoms with Crippen molar-refractivity contribution in [2.24, 2.45) is 17.6 Å². The van der Waals surface area contributed by atoms with Crippen molar-refractivity contribution in [1.82, 2.24) is 4.90 Å². The van der Waals surface area contributed by atoms with E-state index in [-0.39, 0.29) is 16.7 Å². The normalized spacial score (nSPS) is 24.2. The molecular weight excluding hydrogens is 297 g/mol. The number of piperidine rings is 1. The molecule has 1 heterocycles. The molecule has 0 amide bonds. The Morgan fingerprint density at radius 1 is 1.29 bits per heavy atom. The molecular formula is C15H21F3N2S. The van der Waals surface area contributed by atoms with Gasteiger partial charge in [0.1, 0.15) is 0 Å². The summed E-state index contributed by atoms with van der Waals surface area (Å²) in [7, 11) is 0. The maximum atomic E-state index is 12.3. The lowest BCUT2D eigenvalue weighted by molar-refractivity contribution is -0.0328. The third-order valence-corrected chi connectivity index (χ3v) is 4.80. The molecule has 0 aliphatic carbocycles. The molecule has 118 valence electrons. The first-order valence-electron chi connectivity index (χ1n) is 7.14. The van der Waals surface area contributed by atoms with E-state index in [0.29, 0.717) is 18.4 Å². The number of hydrogen-bond donors (Lipinski definition) is 1. The maximum absolute atomic E-state index is 12.3. The molecule has 2 rings (SSSR count). The zero-order chi connectivity index (χ0) is 15.5. The van der Waals surface area contributed by atoms with Gasteiger partial charge in [-0.1, -0.05) is 19.1 Å². The second-order valence-electron chi connectivity index (χ2n) is 5.69. The minimum Gasteiger partial charge on any atom is -0.330 e. The average Bonchev–Trinajstić information content (AvgIpc) is 2.41. The second-order valence-corrected chi connectivity index (χ2v) is 6.83. The number of likely N-dealkylation sites (tertiary alicyclic amines) is 1. The lowest BCUT2D eigenvalue weighted by atomic mass is 9.87. The van der Waals surface area contributed by atoms with Crippen LogP contribution in [0.4, 0.5) is 13.2 Å². The highest BCUT2D eigenvalue weighted by Gasteiger charge is 2.29. The van der Waals surface area contributed by atoms with Gasteiger partial charge in [-0.3, -0.25) is 4.90 Å². The van der Waals surface area contributed by atoms with Crippen LogP contribution in [0.2, 0.25) is 0 Å². The summed E-state index contributed by atoms with van der Waals surface area (Å²) in [6.07, 6.45) is 1.13. The highest BCUT2D eigenvalue weighted by molar-refractivity contribution is 8.00. The van der Waals surface area contributed by atoms with Crippen LogP contribution in [0, 0.1) is 11.8 Å². The van der Waals surface area contributed by atoms with Crippen molar-refractivity contribution in [2.75, 3.05) is 19.6 Å². The number of thioether (sulfide) groups is 1. The standard InChI is InChI=1S/C15H21F3N2S/c1-11-6-7-20(10-13(11)8-19)9-12-2-4-14(5-3-12)21-15(16,17)18/h2-5,11,13H,6-10,19H2,1H3. The molecule has 1 aliphatic rings. The fraction of sp³-hybridized carbons (Fsp3) is 0.600. The van der Waals surface area contributed by atoms with Crippen LogP contribution in [-0.2, 0) is 6.54 Å². The van der Waals surface area contributed by atoms with Crippen LogP contribution in [0.15, 0.2) is 29.2 Å². The maximum Gasteiger partial charge on any atom is 0.446 e. The van der Waals surface area contributed by atoms with Gasteiger partial charge in [-0.05, 0) is 60.8 Å². The van der Waals surface area contributed by atoms with E-state index in [4.69, 9.17) is 5.73 Å². The van der Waals surface area contributed by atoms with Gasteiger partial charge in [0.2, 0.25) is 0 Å². The molecule has 1 aromatic carbocycles. The summed E-state index contributed by atoms with van der Waals surface area (Å²) >= 11 is -0.0703. The largest absolute Gasteiger partial charge is 0.446 e. The Morgan fingerprint density at radius 3 is 2.52 bits per heavy atom. The van der Waals surface area contributed by atoms with Crippen LogP contribution in [0.1, 0.15) is 18.9 Å². The summed E-state index contributed by atoms with van der Waals surface area (Å²) in [4.78, 5) is 2.57. The Morgan fingerprint density at radius 2 is 1.95 bits per heavy atom. The lowest BCUT2D eigenvalue weighted by Gasteiger charge is -2.36. The van der Waals surface area contributed by atoms with Gasteiger partial charge >= 0.3 is 5.51 Å². The molecule has 1 saturated heterocycles. The van der Waals surface area contributed by atoms with Gasteiger partial charge in [-0.15, -0.1) is 0 Å². The highest BCUT2D eigenvalue weighted by Crippen LogP contribution is 2.36. The molecule has 6 heteroatoms. The van der Waals surface area contributed by atoms with Crippen molar-refractivity contribution in [3.63, 3.8) is 0 Å². The van der Waals surface area contributed by atoms with E-state index in [0.717, 1.165) is 31.6 Å². The highest BCUT2D eigenvalue weighted by atomic mass is 32.2. The number of benzene rings is 1. The summed E-state index contributed by atoms with van der Waals surface area (Å²) in [5.74, 6) is 1.16. The molecule has 2 N–H and O–H groups in total. The fourth-order valence-corrected chi connectivity index (χ4v) is 3.27. The van der Waals surface area contributed by atoms with E-state index in [1.807, 2.05) is 0 Å². The second kappa shape index (κ2) is 7.03. The third-order valence-electron chi connectivity index (χ3n) is 4.06. The SMILES string of the molecule is CC1CCN(Cc2ccc(SC(F)(F)F)cc2)CC1CN. The smallest absolute Gasteiger partial charge is 0.330 e. The van der Waals surface area contributed by atoms with Gasteiger partial charge in [-0.2, -0.15) is 13.2 Å². The Bertz CT molecular complexity index is 447. The molecule has 0 spiro atoms. The first-order chi connectivity index (χ1) is 9.87. The third kappa shape index (κ3) is 5.20. The van der Waals surface area contributed by atoms with Crippen LogP contribution >= 0.6 is 11.8 Å². The van der Waals surface area contributed by atoms with Crippen LogP contribution in [-0.4, -0.2) is 30.0 Å². The van der Waals surface area contributed by atoms with Crippen molar-refractivity contribution in [1.29, 1.82) is 0 Å². The topological polar surface area (TPSA) is 29.3 Å². The number of nitrogens with zero attached hydrogens (tertiary/aromatic N) is 1. The molecule has 2 atom stereocenters. The van der Waals surface area contributed by atoms with Gasteiger partial charge in [-0.25, -0.2) is 0 Å². The molecule has 0 aromatic heterocycles. The zero-order valence-corrected chi connectivity index (χ0v) is 12.9. The molecule has 1 fully saturated rings. The van der Waals surface area contributed by atoms with Gasteiger partial charge in [0.05, 0.1) is 0 Å². The van der Waals surface area contributed by atoms with Crippen molar-refractivity contribution in [2.45, 2.75) is 30.3 Å². The van der Waals surface area contributed by atoms with Gasteiger partial charge in [0.25, 0.3) is 0 Å². The van der Waals surface area contributed by atoms with Gasteiger partial charge in [0, 0.05) is 18.0 Å². The van der Waals surface area contributed by atoms with Crippen LogP contribution in [0.5, 0.6) is 0 Å². The minimum absolute atomic E-state index is 0.0703. The number of nitrogens with two attached hydrogens (primary N) is 1. The molecule has 0 radical (unpaired) electrons. The van der Waals surface area contributed by atoms with Crippen molar-refractivity contribution >= 4 is 11.8 Å². The molecule has 1 aromatic rings. The van der Waals surface area contributed by atoms with E-state index in [9.17, 15) is 13.2 Å². The lowest BCUT2D eigenvalue weighted by Crippen LogP contribution is -2.42. The van der Waals surface area contributed by atoms with E-state index in [2.05, 4.69) is 11.8 Å². The number of rotatable bonds is 4. The fourth-order valence-electron chi connectivity index (χ4n) is 2.73. The van der Waals surface area contributed by atoms with E-state index in [1.165, 1.54) is 0 Å². The molecule has 21 heavy (non-hydrogen) atoms. The number of alkyl halides is 3. The molecule has 0 bridgehead atoms. The molecule has 2 unspecified atom stereocenters. The summed E-state index contributed by atoms with van der Waals surface area (Å²) in [5.41, 5.74) is 2.62. The minimum atomic E-state index is -4.22. The first-order valence-corrected chi connectivity index (χ1v) is 7.96. The quantitative estimate of drug-likeness (QED) is 0.858. The Kier molecular flexibility index (Phi) is 5.57.